The molecule has 100 valence electrons. The molecule has 1 aromatic carbocycles. The van der Waals surface area contributed by atoms with Crippen LogP contribution in [-0.2, 0) is 0 Å². The third-order valence-electron chi connectivity index (χ3n) is 3.41. The number of hydrogen-bond acceptors (Lipinski definition) is 3. The molecule has 1 heterocycles. The Kier molecular flexibility index (Phi) is 3.56. The molecule has 19 heavy (non-hydrogen) atoms. The second kappa shape index (κ2) is 5.00. The van der Waals surface area contributed by atoms with Gasteiger partial charge in [-0.15, -0.1) is 0 Å². The lowest BCUT2D eigenvalue weighted by molar-refractivity contribution is 0.854. The van der Waals surface area contributed by atoms with E-state index in [2.05, 4.69) is 56.7 Å². The van der Waals surface area contributed by atoms with E-state index in [4.69, 9.17) is 5.73 Å². The lowest BCUT2D eigenvalue weighted by Crippen LogP contribution is -2.05. The van der Waals surface area contributed by atoms with E-state index in [1.165, 1.54) is 22.3 Å². The Morgan fingerprint density at radius 1 is 1.00 bits per heavy atom. The molecule has 0 aliphatic rings. The van der Waals surface area contributed by atoms with Crippen molar-refractivity contribution in [2.75, 3.05) is 5.73 Å². The summed E-state index contributed by atoms with van der Waals surface area (Å²) in [6, 6.07) is 4.37. The minimum atomic E-state index is 0.302. The van der Waals surface area contributed by atoms with Crippen molar-refractivity contribution < 1.29 is 0 Å². The van der Waals surface area contributed by atoms with Gasteiger partial charge in [-0.25, -0.2) is 9.97 Å². The first kappa shape index (κ1) is 13.5. The van der Waals surface area contributed by atoms with Crippen LogP contribution in [0.4, 0.5) is 5.82 Å². The van der Waals surface area contributed by atoms with Gasteiger partial charge >= 0.3 is 0 Å². The molecule has 0 bridgehead atoms. The summed E-state index contributed by atoms with van der Waals surface area (Å²) in [5, 5.41) is 0. The standard InChI is InChI=1S/C16H21N3/c1-9(2)13-15(18-8-19-16(13)17)14-11(4)6-10(3)7-12(14)5/h6-9H,1-5H3,(H2,17,18,19). The summed E-state index contributed by atoms with van der Waals surface area (Å²) in [7, 11) is 0. The van der Waals surface area contributed by atoms with Crippen molar-refractivity contribution in [3.05, 3.63) is 40.7 Å². The minimum absolute atomic E-state index is 0.302. The molecule has 1 aromatic heterocycles. The molecule has 0 unspecified atom stereocenters. The maximum atomic E-state index is 6.04. The predicted octanol–water partition coefficient (Wildman–Crippen LogP) is 3.77. The Morgan fingerprint density at radius 2 is 1.58 bits per heavy atom. The lowest BCUT2D eigenvalue weighted by atomic mass is 9.91. The van der Waals surface area contributed by atoms with E-state index in [0.717, 1.165) is 11.3 Å². The molecule has 0 saturated carbocycles. The van der Waals surface area contributed by atoms with Crippen molar-refractivity contribution in [3.63, 3.8) is 0 Å². The Bertz CT molecular complexity index is 592. The van der Waals surface area contributed by atoms with Crippen LogP contribution in [0.2, 0.25) is 0 Å². The number of nitrogens with two attached hydrogens (primary N) is 1. The summed E-state index contributed by atoms with van der Waals surface area (Å²) in [6.07, 6.45) is 1.55. The molecule has 0 radical (unpaired) electrons. The zero-order valence-corrected chi connectivity index (χ0v) is 12.3. The fourth-order valence-electron chi connectivity index (χ4n) is 2.73. The minimum Gasteiger partial charge on any atom is -0.383 e. The monoisotopic (exact) mass is 255 g/mol. The van der Waals surface area contributed by atoms with E-state index in [0.29, 0.717) is 11.7 Å². The quantitative estimate of drug-likeness (QED) is 0.888. The average molecular weight is 255 g/mol. The third-order valence-corrected chi connectivity index (χ3v) is 3.41. The Labute approximate surface area is 114 Å². The Balaban J connectivity index is 2.76. The SMILES string of the molecule is Cc1cc(C)c(-c2ncnc(N)c2C(C)C)c(C)c1. The van der Waals surface area contributed by atoms with Crippen LogP contribution in [0.3, 0.4) is 0 Å². The Morgan fingerprint density at radius 3 is 2.11 bits per heavy atom. The highest BCUT2D eigenvalue weighted by Crippen LogP contribution is 2.34. The van der Waals surface area contributed by atoms with Crippen LogP contribution in [0.1, 0.15) is 42.0 Å². The number of hydrogen-bond donors (Lipinski definition) is 1. The molecular weight excluding hydrogens is 234 g/mol. The largest absolute Gasteiger partial charge is 0.383 e. The van der Waals surface area contributed by atoms with E-state index < -0.39 is 0 Å². The predicted molar refractivity (Wildman–Crippen MR) is 80.2 cm³/mol. The van der Waals surface area contributed by atoms with Crippen molar-refractivity contribution in [1.82, 2.24) is 9.97 Å². The van der Waals surface area contributed by atoms with Crippen molar-refractivity contribution in [3.8, 4) is 11.3 Å². The van der Waals surface area contributed by atoms with Gasteiger partial charge in [0.15, 0.2) is 0 Å². The van der Waals surface area contributed by atoms with E-state index >= 15 is 0 Å². The summed E-state index contributed by atoms with van der Waals surface area (Å²) in [5.74, 6) is 0.885. The Hall–Kier alpha value is -1.90. The summed E-state index contributed by atoms with van der Waals surface area (Å²) in [5.41, 5.74) is 13.0. The molecule has 0 spiro atoms. The van der Waals surface area contributed by atoms with E-state index in [9.17, 15) is 0 Å². The van der Waals surface area contributed by atoms with Crippen LogP contribution in [-0.4, -0.2) is 9.97 Å². The normalized spacial score (nSPS) is 11.1. The molecule has 0 saturated heterocycles. The molecule has 2 aromatic rings. The number of benzene rings is 1. The van der Waals surface area contributed by atoms with Crippen LogP contribution < -0.4 is 5.73 Å². The fourth-order valence-corrected chi connectivity index (χ4v) is 2.73. The highest BCUT2D eigenvalue weighted by molar-refractivity contribution is 5.74. The average Bonchev–Trinajstić information content (AvgIpc) is 2.26. The molecule has 0 atom stereocenters. The smallest absolute Gasteiger partial charge is 0.130 e. The molecule has 3 heteroatoms. The molecule has 2 rings (SSSR count). The summed E-state index contributed by atoms with van der Waals surface area (Å²) in [4.78, 5) is 8.62. The second-order valence-electron chi connectivity index (χ2n) is 5.45. The van der Waals surface area contributed by atoms with Crippen molar-refractivity contribution in [1.29, 1.82) is 0 Å². The fraction of sp³-hybridized carbons (Fsp3) is 0.375. The first-order chi connectivity index (χ1) is 8.91. The van der Waals surface area contributed by atoms with E-state index in [1.807, 2.05) is 0 Å². The van der Waals surface area contributed by atoms with Crippen molar-refractivity contribution in [2.24, 2.45) is 0 Å². The van der Waals surface area contributed by atoms with Gasteiger partial charge in [-0.1, -0.05) is 31.5 Å². The van der Waals surface area contributed by atoms with Crippen molar-refractivity contribution in [2.45, 2.75) is 40.5 Å². The van der Waals surface area contributed by atoms with Crippen LogP contribution >= 0.6 is 0 Å². The summed E-state index contributed by atoms with van der Waals surface area (Å²) in [6.45, 7) is 10.6. The highest BCUT2D eigenvalue weighted by Gasteiger charge is 2.17. The maximum absolute atomic E-state index is 6.04. The molecule has 0 aliphatic heterocycles. The van der Waals surface area contributed by atoms with Crippen LogP contribution in [0.15, 0.2) is 18.5 Å². The van der Waals surface area contributed by atoms with Crippen molar-refractivity contribution >= 4 is 5.82 Å². The van der Waals surface area contributed by atoms with Gasteiger partial charge in [0.05, 0.1) is 5.69 Å². The lowest BCUT2D eigenvalue weighted by Gasteiger charge is -2.17. The number of nitrogen functional groups attached to an aromatic ring is 1. The zero-order valence-electron chi connectivity index (χ0n) is 12.3. The summed E-state index contributed by atoms with van der Waals surface area (Å²) >= 11 is 0. The van der Waals surface area contributed by atoms with Gasteiger partial charge in [0.25, 0.3) is 0 Å². The van der Waals surface area contributed by atoms with E-state index in [-0.39, 0.29) is 0 Å². The van der Waals surface area contributed by atoms with Gasteiger partial charge in [0.1, 0.15) is 12.1 Å². The van der Waals surface area contributed by atoms with E-state index in [1.54, 1.807) is 6.33 Å². The first-order valence-electron chi connectivity index (χ1n) is 6.60. The topological polar surface area (TPSA) is 51.8 Å². The zero-order chi connectivity index (χ0) is 14.2. The van der Waals surface area contributed by atoms with Crippen LogP contribution in [0, 0.1) is 20.8 Å². The molecule has 0 aliphatic carbocycles. The van der Waals surface area contributed by atoms with Gasteiger partial charge in [-0.2, -0.15) is 0 Å². The number of anilines is 1. The molecule has 0 amide bonds. The number of aryl methyl sites for hydroxylation is 3. The number of rotatable bonds is 2. The molecule has 0 fully saturated rings. The van der Waals surface area contributed by atoms with Gasteiger partial charge < -0.3 is 5.73 Å². The van der Waals surface area contributed by atoms with Gasteiger partial charge in [-0.3, -0.25) is 0 Å². The van der Waals surface area contributed by atoms with Gasteiger partial charge in [0.2, 0.25) is 0 Å². The molecule has 3 nitrogen and oxygen atoms in total. The van der Waals surface area contributed by atoms with Crippen LogP contribution in [0.5, 0.6) is 0 Å². The first-order valence-corrected chi connectivity index (χ1v) is 6.60. The van der Waals surface area contributed by atoms with Gasteiger partial charge in [-0.05, 0) is 37.8 Å². The summed E-state index contributed by atoms with van der Waals surface area (Å²) < 4.78 is 0. The maximum Gasteiger partial charge on any atom is 0.130 e. The number of nitrogens with zero attached hydrogens (tertiary/aromatic N) is 2. The number of aromatic nitrogens is 2. The molecule has 2 N–H and O–H groups in total. The highest BCUT2D eigenvalue weighted by atomic mass is 14.9. The second-order valence-corrected chi connectivity index (χ2v) is 5.45. The molecular formula is C16H21N3. The van der Waals surface area contributed by atoms with Crippen LogP contribution in [0.25, 0.3) is 11.3 Å². The third kappa shape index (κ3) is 2.46. The van der Waals surface area contributed by atoms with Gasteiger partial charge in [0, 0.05) is 11.1 Å².